The van der Waals surface area contributed by atoms with Crippen LogP contribution in [0.3, 0.4) is 0 Å². The second-order valence-corrected chi connectivity index (χ2v) is 4.57. The summed E-state index contributed by atoms with van der Waals surface area (Å²) in [5, 5.41) is 17.6. The molecule has 0 saturated heterocycles. The van der Waals surface area contributed by atoms with Gasteiger partial charge in [0.15, 0.2) is 0 Å². The fourth-order valence-corrected chi connectivity index (χ4v) is 2.44. The minimum absolute atomic E-state index is 0.218. The Labute approximate surface area is 111 Å². The summed E-state index contributed by atoms with van der Waals surface area (Å²) < 4.78 is 0. The minimum atomic E-state index is -0.713. The standard InChI is InChI=1S/C14H16N2O3/c1-3-16-10-7-5-4-6-9(10)13(18)11(14(16)19)12(17)8(2)15/h4-6,10,15,18H,3,7H2,1-2H3. The first kappa shape index (κ1) is 13.3. The van der Waals surface area contributed by atoms with Crippen molar-refractivity contribution in [1.29, 1.82) is 5.41 Å². The summed E-state index contributed by atoms with van der Waals surface area (Å²) in [6, 6.07) is -0.218. The molecule has 2 rings (SSSR count). The highest BCUT2D eigenvalue weighted by Gasteiger charge is 2.40. The second-order valence-electron chi connectivity index (χ2n) is 4.57. The van der Waals surface area contributed by atoms with Gasteiger partial charge in [0.05, 0.1) is 11.8 Å². The predicted molar refractivity (Wildman–Crippen MR) is 71.1 cm³/mol. The number of aliphatic hydroxyl groups is 1. The molecule has 5 nitrogen and oxygen atoms in total. The molecule has 1 heterocycles. The van der Waals surface area contributed by atoms with E-state index in [2.05, 4.69) is 0 Å². The van der Waals surface area contributed by atoms with Crippen LogP contribution >= 0.6 is 0 Å². The quantitative estimate of drug-likeness (QED) is 0.596. The molecule has 1 atom stereocenters. The Morgan fingerprint density at radius 1 is 1.58 bits per heavy atom. The molecule has 0 bridgehead atoms. The van der Waals surface area contributed by atoms with Crippen molar-refractivity contribution in [3.05, 3.63) is 35.1 Å². The number of rotatable bonds is 3. The van der Waals surface area contributed by atoms with Crippen molar-refractivity contribution in [2.45, 2.75) is 26.3 Å². The van der Waals surface area contributed by atoms with E-state index < -0.39 is 11.7 Å². The number of carbonyl (C=O) groups excluding carboxylic acids is 2. The minimum Gasteiger partial charge on any atom is -0.507 e. The molecule has 0 aromatic carbocycles. The number of hydrogen-bond donors (Lipinski definition) is 2. The Morgan fingerprint density at radius 2 is 2.26 bits per heavy atom. The Morgan fingerprint density at radius 3 is 2.84 bits per heavy atom. The lowest BCUT2D eigenvalue weighted by molar-refractivity contribution is -0.131. The summed E-state index contributed by atoms with van der Waals surface area (Å²) in [6.45, 7) is 3.60. The molecular weight excluding hydrogens is 244 g/mol. The zero-order chi connectivity index (χ0) is 14.2. The number of Topliss-reactive ketones (excluding diaryl/α,β-unsaturated/α-hetero) is 1. The summed E-state index contributed by atoms with van der Waals surface area (Å²) in [5.41, 5.74) is 0.0389. The third-order valence-corrected chi connectivity index (χ3v) is 3.40. The van der Waals surface area contributed by atoms with Crippen LogP contribution in [0.25, 0.3) is 0 Å². The summed E-state index contributed by atoms with van der Waals surface area (Å²) in [7, 11) is 0. The Hall–Kier alpha value is -2.17. The van der Waals surface area contributed by atoms with E-state index in [4.69, 9.17) is 5.41 Å². The number of allylic oxidation sites excluding steroid dienone is 2. The number of hydrogen-bond acceptors (Lipinski definition) is 4. The maximum atomic E-state index is 12.3. The number of fused-ring (bicyclic) bond motifs is 1. The van der Waals surface area contributed by atoms with Gasteiger partial charge in [-0.25, -0.2) is 0 Å². The SMILES string of the molecule is CCN1C(=O)C(C(=O)C(C)=N)=C(O)C2=CC=CCC21. The smallest absolute Gasteiger partial charge is 0.262 e. The maximum absolute atomic E-state index is 12.3. The van der Waals surface area contributed by atoms with E-state index >= 15 is 0 Å². The summed E-state index contributed by atoms with van der Waals surface area (Å²) in [5.74, 6) is -1.48. The molecule has 1 amide bonds. The first-order valence-corrected chi connectivity index (χ1v) is 6.20. The third-order valence-electron chi connectivity index (χ3n) is 3.40. The highest BCUT2D eigenvalue weighted by Crippen LogP contribution is 2.32. The van der Waals surface area contributed by atoms with Crippen LogP contribution in [0.2, 0.25) is 0 Å². The molecular formula is C14H16N2O3. The molecule has 0 spiro atoms. The van der Waals surface area contributed by atoms with Gasteiger partial charge in [-0.15, -0.1) is 0 Å². The van der Waals surface area contributed by atoms with Crippen LogP contribution in [0.4, 0.5) is 0 Å². The first-order chi connectivity index (χ1) is 8.99. The van der Waals surface area contributed by atoms with Crippen molar-refractivity contribution >= 4 is 17.4 Å². The molecule has 1 unspecified atom stereocenters. The number of carbonyl (C=O) groups is 2. The first-order valence-electron chi connectivity index (χ1n) is 6.20. The average molecular weight is 260 g/mol. The largest absolute Gasteiger partial charge is 0.507 e. The highest BCUT2D eigenvalue weighted by molar-refractivity contribution is 6.50. The molecule has 5 heteroatoms. The molecule has 100 valence electrons. The van der Waals surface area contributed by atoms with Crippen molar-refractivity contribution in [2.75, 3.05) is 6.54 Å². The molecule has 1 aliphatic heterocycles. The van der Waals surface area contributed by atoms with E-state index in [0.717, 1.165) is 0 Å². The summed E-state index contributed by atoms with van der Waals surface area (Å²) in [6.07, 6.45) is 6.06. The molecule has 0 fully saturated rings. The monoisotopic (exact) mass is 260 g/mol. The van der Waals surface area contributed by atoms with Gasteiger partial charge in [0, 0.05) is 12.1 Å². The molecule has 0 aromatic rings. The fraction of sp³-hybridized carbons (Fsp3) is 0.357. The zero-order valence-corrected chi connectivity index (χ0v) is 10.9. The average Bonchev–Trinajstić information content (AvgIpc) is 2.39. The lowest BCUT2D eigenvalue weighted by atomic mass is 9.87. The topological polar surface area (TPSA) is 81.5 Å². The molecule has 0 saturated carbocycles. The third kappa shape index (κ3) is 2.01. The van der Waals surface area contributed by atoms with Gasteiger partial charge >= 0.3 is 0 Å². The van der Waals surface area contributed by atoms with Crippen LogP contribution in [0.15, 0.2) is 35.1 Å². The summed E-state index contributed by atoms with van der Waals surface area (Å²) in [4.78, 5) is 25.8. The van der Waals surface area contributed by atoms with Gasteiger partial charge in [-0.1, -0.05) is 18.2 Å². The second kappa shape index (κ2) is 4.84. The zero-order valence-electron chi connectivity index (χ0n) is 10.9. The number of aliphatic hydroxyl groups excluding tert-OH is 1. The van der Waals surface area contributed by atoms with E-state index in [0.29, 0.717) is 18.5 Å². The molecule has 2 N–H and O–H groups in total. The Kier molecular flexibility index (Phi) is 3.38. The Bertz CT molecular complexity index is 555. The number of ketones is 1. The molecule has 0 radical (unpaired) electrons. The predicted octanol–water partition coefficient (Wildman–Crippen LogP) is 1.52. The van der Waals surface area contributed by atoms with E-state index in [1.807, 2.05) is 13.0 Å². The van der Waals surface area contributed by atoms with Crippen LogP contribution in [-0.4, -0.2) is 40.0 Å². The maximum Gasteiger partial charge on any atom is 0.262 e. The van der Waals surface area contributed by atoms with Crippen LogP contribution in [0, 0.1) is 5.41 Å². The van der Waals surface area contributed by atoms with Gasteiger partial charge in [0.25, 0.3) is 5.91 Å². The van der Waals surface area contributed by atoms with E-state index in [9.17, 15) is 14.7 Å². The van der Waals surface area contributed by atoms with Crippen molar-refractivity contribution in [1.82, 2.24) is 4.90 Å². The van der Waals surface area contributed by atoms with E-state index in [1.54, 1.807) is 17.1 Å². The normalized spacial score (nSPS) is 22.2. The lowest BCUT2D eigenvalue weighted by Gasteiger charge is -2.37. The molecule has 2 aliphatic rings. The fourth-order valence-electron chi connectivity index (χ4n) is 2.44. The van der Waals surface area contributed by atoms with Crippen LogP contribution < -0.4 is 0 Å². The number of nitrogens with zero attached hydrogens (tertiary/aromatic N) is 1. The molecule has 1 aliphatic carbocycles. The van der Waals surface area contributed by atoms with Gasteiger partial charge in [0.1, 0.15) is 11.3 Å². The van der Waals surface area contributed by atoms with Crippen LogP contribution in [0.1, 0.15) is 20.3 Å². The van der Waals surface area contributed by atoms with Gasteiger partial charge in [-0.3, -0.25) is 9.59 Å². The van der Waals surface area contributed by atoms with E-state index in [-0.39, 0.29) is 23.1 Å². The highest BCUT2D eigenvalue weighted by atomic mass is 16.3. The number of amides is 1. The van der Waals surface area contributed by atoms with Crippen molar-refractivity contribution in [3.63, 3.8) is 0 Å². The van der Waals surface area contributed by atoms with Crippen LogP contribution in [0.5, 0.6) is 0 Å². The number of nitrogens with one attached hydrogen (secondary N) is 1. The molecule has 0 aromatic heterocycles. The molecule has 19 heavy (non-hydrogen) atoms. The Balaban J connectivity index is 2.59. The van der Waals surface area contributed by atoms with Crippen LogP contribution in [-0.2, 0) is 9.59 Å². The van der Waals surface area contributed by atoms with Crippen molar-refractivity contribution < 1.29 is 14.7 Å². The van der Waals surface area contributed by atoms with Gasteiger partial charge < -0.3 is 15.4 Å². The van der Waals surface area contributed by atoms with Gasteiger partial charge in [-0.05, 0) is 20.3 Å². The lowest BCUT2D eigenvalue weighted by Crippen LogP contribution is -2.48. The van der Waals surface area contributed by atoms with Gasteiger partial charge in [0.2, 0.25) is 5.78 Å². The van der Waals surface area contributed by atoms with Crippen molar-refractivity contribution in [3.8, 4) is 0 Å². The van der Waals surface area contributed by atoms with E-state index in [1.165, 1.54) is 6.92 Å². The van der Waals surface area contributed by atoms with Crippen molar-refractivity contribution in [2.24, 2.45) is 0 Å². The number of likely N-dealkylation sites (N-methyl/N-ethyl adjacent to an activating group) is 1. The van der Waals surface area contributed by atoms with Gasteiger partial charge in [-0.2, -0.15) is 0 Å². The summed E-state index contributed by atoms with van der Waals surface area (Å²) >= 11 is 0.